The second kappa shape index (κ2) is 10.1. The van der Waals surface area contributed by atoms with E-state index in [-0.39, 0.29) is 12.5 Å². The van der Waals surface area contributed by atoms with Crippen molar-refractivity contribution in [2.45, 2.75) is 32.3 Å². The Morgan fingerprint density at radius 2 is 2.18 bits per heavy atom. The summed E-state index contributed by atoms with van der Waals surface area (Å²) < 4.78 is 17.7. The molecule has 174 valence electrons. The fourth-order valence-corrected chi connectivity index (χ4v) is 4.13. The van der Waals surface area contributed by atoms with Crippen molar-refractivity contribution < 1.29 is 23.8 Å². The van der Waals surface area contributed by atoms with Gasteiger partial charge in [-0.3, -0.25) is 0 Å². The average Bonchev–Trinajstić information content (AvgIpc) is 3.50. The number of thiophene rings is 1. The molecule has 1 aliphatic heterocycles. The summed E-state index contributed by atoms with van der Waals surface area (Å²) in [5.41, 5.74) is 5.15. The van der Waals surface area contributed by atoms with E-state index in [1.807, 2.05) is 37.4 Å². The molecule has 0 saturated carbocycles. The van der Waals surface area contributed by atoms with Gasteiger partial charge in [-0.05, 0) is 49.1 Å². The van der Waals surface area contributed by atoms with Gasteiger partial charge in [0.1, 0.15) is 24.3 Å². The molecule has 1 atom stereocenters. The molecular weight excluding hydrogens is 454 g/mol. The number of aromatic nitrogens is 1. The zero-order chi connectivity index (χ0) is 24.1. The van der Waals surface area contributed by atoms with Gasteiger partial charge in [-0.2, -0.15) is 5.26 Å². The second-order valence-corrected chi connectivity index (χ2v) is 8.83. The highest BCUT2D eigenvalue weighted by molar-refractivity contribution is 7.13. The number of hydrogen-bond acceptors (Lipinski definition) is 9. The first-order chi connectivity index (χ1) is 16.4. The summed E-state index contributed by atoms with van der Waals surface area (Å²) in [5.74, 6) is -1.05. The summed E-state index contributed by atoms with van der Waals surface area (Å²) in [4.78, 5) is 22.3. The summed E-state index contributed by atoms with van der Waals surface area (Å²) in [6.07, 6.45) is 0.852. The largest absolute Gasteiger partial charge is 0.472 e. The minimum atomic E-state index is -0.741. The summed E-state index contributed by atoms with van der Waals surface area (Å²) in [6.45, 7) is 7.58. The summed E-state index contributed by atoms with van der Waals surface area (Å²) >= 11 is 1.55. The lowest BCUT2D eigenvalue weighted by molar-refractivity contribution is -0.139. The third-order valence-electron chi connectivity index (χ3n) is 5.06. The number of benzene rings is 1. The third kappa shape index (κ3) is 5.26. The van der Waals surface area contributed by atoms with Crippen LogP contribution in [0.25, 0.3) is 10.6 Å². The fourth-order valence-electron chi connectivity index (χ4n) is 3.44. The number of carbonyl (C=O) groups is 1. The van der Waals surface area contributed by atoms with E-state index in [0.717, 1.165) is 10.4 Å². The van der Waals surface area contributed by atoms with Crippen LogP contribution in [0.2, 0.25) is 0 Å². The van der Waals surface area contributed by atoms with Crippen LogP contribution in [-0.2, 0) is 20.9 Å². The number of carbonyl (C=O) groups excluding carboxylic acids is 1. The first-order valence-corrected chi connectivity index (χ1v) is 11.4. The van der Waals surface area contributed by atoms with Crippen LogP contribution < -0.4 is 10.2 Å². The lowest BCUT2D eigenvalue weighted by Crippen LogP contribution is -2.20. The number of rotatable bonds is 8. The van der Waals surface area contributed by atoms with Gasteiger partial charge < -0.3 is 19.0 Å². The van der Waals surface area contributed by atoms with Crippen LogP contribution in [0.5, 0.6) is 5.88 Å². The Hall–Kier alpha value is -3.71. The number of ether oxygens (including phenoxy) is 3. The Balaban J connectivity index is 1.60. The van der Waals surface area contributed by atoms with E-state index < -0.39 is 17.9 Å². The SMILES string of the molecule is C=CNOC(=O)c1ccc(COc2nc(-c3cccs3)cc(C3COC(C)(C)O3)c2C#N)cc1. The molecule has 0 amide bonds. The molecule has 0 spiro atoms. The second-order valence-electron chi connectivity index (χ2n) is 7.88. The van der Waals surface area contributed by atoms with Crippen molar-refractivity contribution in [2.75, 3.05) is 6.61 Å². The number of pyridine rings is 1. The molecule has 3 aromatic rings. The first kappa shape index (κ1) is 23.4. The molecule has 1 aliphatic rings. The van der Waals surface area contributed by atoms with Crippen molar-refractivity contribution in [3.8, 4) is 22.5 Å². The number of nitrogens with zero attached hydrogens (tertiary/aromatic N) is 2. The van der Waals surface area contributed by atoms with Crippen molar-refractivity contribution >= 4 is 17.3 Å². The van der Waals surface area contributed by atoms with E-state index in [4.69, 9.17) is 19.0 Å². The van der Waals surface area contributed by atoms with E-state index in [2.05, 4.69) is 23.1 Å². The van der Waals surface area contributed by atoms with Crippen molar-refractivity contribution in [1.29, 1.82) is 5.26 Å². The minimum absolute atomic E-state index is 0.156. The Bertz CT molecular complexity index is 1220. The van der Waals surface area contributed by atoms with Crippen molar-refractivity contribution in [3.63, 3.8) is 0 Å². The van der Waals surface area contributed by atoms with E-state index in [0.29, 0.717) is 29.0 Å². The third-order valence-corrected chi connectivity index (χ3v) is 5.95. The highest BCUT2D eigenvalue weighted by Gasteiger charge is 2.36. The van der Waals surface area contributed by atoms with Gasteiger partial charge in [0.15, 0.2) is 5.79 Å². The van der Waals surface area contributed by atoms with Gasteiger partial charge in [-0.15, -0.1) is 11.3 Å². The molecule has 0 bridgehead atoms. The molecule has 9 heteroatoms. The summed E-state index contributed by atoms with van der Waals surface area (Å²) in [5, 5.41) is 11.9. The van der Waals surface area contributed by atoms with E-state index in [9.17, 15) is 10.1 Å². The average molecular weight is 478 g/mol. The predicted molar refractivity (Wildman–Crippen MR) is 126 cm³/mol. The van der Waals surface area contributed by atoms with Crippen LogP contribution >= 0.6 is 11.3 Å². The standard InChI is InChI=1S/C25H23N3O5S/c1-4-27-33-24(29)17-9-7-16(8-10-17)14-30-23-19(13-26)18(21-15-31-25(2,3)32-21)12-20(28-23)22-6-5-11-34-22/h4-12,21,27H,1,14-15H2,2-3H3. The Kier molecular flexibility index (Phi) is 6.93. The smallest absolute Gasteiger partial charge is 0.362 e. The molecule has 2 aromatic heterocycles. The van der Waals surface area contributed by atoms with Crippen LogP contribution in [0.1, 0.15) is 47.0 Å². The van der Waals surface area contributed by atoms with E-state index in [1.54, 1.807) is 35.6 Å². The fraction of sp³-hybridized carbons (Fsp3) is 0.240. The van der Waals surface area contributed by atoms with E-state index in [1.165, 1.54) is 6.20 Å². The molecule has 8 nitrogen and oxygen atoms in total. The molecular formula is C25H23N3O5S. The monoisotopic (exact) mass is 477 g/mol. The van der Waals surface area contributed by atoms with Gasteiger partial charge in [0.25, 0.3) is 0 Å². The maximum Gasteiger partial charge on any atom is 0.362 e. The number of nitriles is 1. The highest BCUT2D eigenvalue weighted by Crippen LogP contribution is 2.39. The molecule has 34 heavy (non-hydrogen) atoms. The number of hydroxylamine groups is 1. The molecule has 1 saturated heterocycles. The minimum Gasteiger partial charge on any atom is -0.472 e. The Labute approximate surface area is 201 Å². The predicted octanol–water partition coefficient (Wildman–Crippen LogP) is 4.89. The van der Waals surface area contributed by atoms with Gasteiger partial charge in [0.05, 0.1) is 22.7 Å². The lowest BCUT2D eigenvalue weighted by Gasteiger charge is -2.19. The topological polar surface area (TPSA) is 103 Å². The zero-order valence-electron chi connectivity index (χ0n) is 18.7. The summed E-state index contributed by atoms with van der Waals surface area (Å²) in [6, 6.07) is 14.7. The van der Waals surface area contributed by atoms with Gasteiger partial charge in [0, 0.05) is 11.8 Å². The van der Waals surface area contributed by atoms with Crippen molar-refractivity contribution in [3.05, 3.63) is 82.9 Å². The zero-order valence-corrected chi connectivity index (χ0v) is 19.6. The molecule has 4 rings (SSSR count). The Morgan fingerprint density at radius 3 is 2.79 bits per heavy atom. The summed E-state index contributed by atoms with van der Waals surface area (Å²) in [7, 11) is 0. The van der Waals surface area contributed by atoms with Crippen LogP contribution in [0.4, 0.5) is 0 Å². The van der Waals surface area contributed by atoms with Crippen LogP contribution in [0, 0.1) is 11.3 Å². The van der Waals surface area contributed by atoms with Gasteiger partial charge in [-0.25, -0.2) is 15.3 Å². The first-order valence-electron chi connectivity index (χ1n) is 10.5. The number of hydrogen-bond donors (Lipinski definition) is 1. The molecule has 1 unspecified atom stereocenters. The molecule has 0 aliphatic carbocycles. The highest BCUT2D eigenvalue weighted by atomic mass is 32.1. The maximum atomic E-state index is 11.9. The molecule has 1 N–H and O–H groups in total. The molecule has 1 aromatic carbocycles. The lowest BCUT2D eigenvalue weighted by atomic mass is 10.0. The Morgan fingerprint density at radius 1 is 1.38 bits per heavy atom. The maximum absolute atomic E-state index is 11.9. The van der Waals surface area contributed by atoms with Gasteiger partial charge in [0.2, 0.25) is 5.88 Å². The quantitative estimate of drug-likeness (QED) is 0.458. The molecule has 1 fully saturated rings. The number of nitrogens with one attached hydrogen (secondary N) is 1. The van der Waals surface area contributed by atoms with Crippen LogP contribution in [-0.4, -0.2) is 23.3 Å². The van der Waals surface area contributed by atoms with Crippen LogP contribution in [0.15, 0.2) is 60.6 Å². The van der Waals surface area contributed by atoms with Gasteiger partial charge >= 0.3 is 5.97 Å². The van der Waals surface area contributed by atoms with Crippen molar-refractivity contribution in [1.82, 2.24) is 10.5 Å². The van der Waals surface area contributed by atoms with Crippen LogP contribution in [0.3, 0.4) is 0 Å². The van der Waals surface area contributed by atoms with E-state index >= 15 is 0 Å². The van der Waals surface area contributed by atoms with Gasteiger partial charge in [-0.1, -0.05) is 24.8 Å². The normalized spacial score (nSPS) is 16.4. The van der Waals surface area contributed by atoms with Crippen molar-refractivity contribution in [2.24, 2.45) is 0 Å². The molecule has 0 radical (unpaired) electrons. The molecule has 3 heterocycles.